The minimum absolute atomic E-state index is 0.516. The van der Waals surface area contributed by atoms with Crippen molar-refractivity contribution in [3.05, 3.63) is 18.0 Å². The van der Waals surface area contributed by atoms with E-state index in [-0.39, 0.29) is 0 Å². The average molecular weight is 235 g/mol. The molecule has 0 bridgehead atoms. The van der Waals surface area contributed by atoms with E-state index in [0.29, 0.717) is 12.1 Å². The first-order valence-electron chi connectivity index (χ1n) is 6.96. The van der Waals surface area contributed by atoms with Gasteiger partial charge in [0.25, 0.3) is 0 Å². The number of piperidine rings is 1. The molecular weight excluding hydrogens is 210 g/mol. The van der Waals surface area contributed by atoms with Crippen LogP contribution in [0, 0.1) is 5.92 Å². The van der Waals surface area contributed by atoms with Gasteiger partial charge in [-0.2, -0.15) is 5.10 Å². The van der Waals surface area contributed by atoms with Crippen molar-refractivity contribution < 1.29 is 0 Å². The van der Waals surface area contributed by atoms with Crippen LogP contribution in [0.3, 0.4) is 0 Å². The third-order valence-electron chi connectivity index (χ3n) is 3.92. The lowest BCUT2D eigenvalue weighted by molar-refractivity contribution is 0.316. The van der Waals surface area contributed by atoms with Crippen LogP contribution in [0.4, 0.5) is 0 Å². The van der Waals surface area contributed by atoms with Gasteiger partial charge in [0.05, 0.1) is 5.69 Å². The van der Waals surface area contributed by atoms with Gasteiger partial charge in [0.15, 0.2) is 0 Å². The minimum Gasteiger partial charge on any atom is -0.314 e. The van der Waals surface area contributed by atoms with Crippen molar-refractivity contribution >= 4 is 0 Å². The van der Waals surface area contributed by atoms with Crippen molar-refractivity contribution in [2.45, 2.75) is 58.5 Å². The molecule has 0 saturated carbocycles. The van der Waals surface area contributed by atoms with Crippen molar-refractivity contribution in [1.29, 1.82) is 0 Å². The fourth-order valence-electron chi connectivity index (χ4n) is 2.55. The molecule has 1 fully saturated rings. The Kier molecular flexibility index (Phi) is 4.21. The summed E-state index contributed by atoms with van der Waals surface area (Å²) in [6, 6.07) is 3.31. The Bertz CT molecular complexity index is 345. The van der Waals surface area contributed by atoms with Gasteiger partial charge in [-0.05, 0) is 44.7 Å². The molecule has 1 aromatic rings. The lowest BCUT2D eigenvalue weighted by Gasteiger charge is -2.27. The molecule has 3 unspecified atom stereocenters. The van der Waals surface area contributed by atoms with Gasteiger partial charge in [0.2, 0.25) is 0 Å². The molecular formula is C14H25N3. The predicted molar refractivity (Wildman–Crippen MR) is 71.1 cm³/mol. The second-order valence-corrected chi connectivity index (χ2v) is 5.53. The van der Waals surface area contributed by atoms with Crippen molar-refractivity contribution in [2.24, 2.45) is 5.92 Å². The second kappa shape index (κ2) is 5.67. The van der Waals surface area contributed by atoms with Crippen LogP contribution in [0.5, 0.6) is 0 Å². The molecule has 2 rings (SSSR count). The van der Waals surface area contributed by atoms with Gasteiger partial charge >= 0.3 is 0 Å². The van der Waals surface area contributed by atoms with Crippen molar-refractivity contribution in [2.75, 3.05) is 6.54 Å². The number of rotatable bonds is 4. The molecule has 1 aliphatic heterocycles. The van der Waals surface area contributed by atoms with E-state index < -0.39 is 0 Å². The standard InChI is InChI=1S/C14H25N3/c1-4-12(3)17-8-6-13(16-17)10-14-9-11(2)5-7-15-14/h6,8,11-12,14-15H,4-5,7,9-10H2,1-3H3. The summed E-state index contributed by atoms with van der Waals surface area (Å²) in [5.74, 6) is 0.859. The van der Waals surface area contributed by atoms with E-state index >= 15 is 0 Å². The van der Waals surface area contributed by atoms with Crippen LogP contribution in [0.2, 0.25) is 0 Å². The first-order chi connectivity index (χ1) is 8.19. The predicted octanol–water partition coefficient (Wildman–Crippen LogP) is 2.78. The highest BCUT2D eigenvalue weighted by molar-refractivity contribution is 5.03. The molecule has 1 aromatic heterocycles. The minimum atomic E-state index is 0.516. The fraction of sp³-hybridized carbons (Fsp3) is 0.786. The lowest BCUT2D eigenvalue weighted by Crippen LogP contribution is -2.38. The maximum absolute atomic E-state index is 4.68. The Morgan fingerprint density at radius 1 is 1.59 bits per heavy atom. The molecule has 3 nitrogen and oxygen atoms in total. The maximum atomic E-state index is 4.68. The molecule has 0 radical (unpaired) electrons. The number of hydrogen-bond acceptors (Lipinski definition) is 2. The van der Waals surface area contributed by atoms with Crippen molar-refractivity contribution in [3.8, 4) is 0 Å². The zero-order chi connectivity index (χ0) is 12.3. The van der Waals surface area contributed by atoms with Crippen LogP contribution in [0.15, 0.2) is 12.3 Å². The Balaban J connectivity index is 1.92. The summed E-state index contributed by atoms with van der Waals surface area (Å²) in [6.45, 7) is 7.94. The highest BCUT2D eigenvalue weighted by Crippen LogP contribution is 2.18. The highest BCUT2D eigenvalue weighted by atomic mass is 15.3. The van der Waals surface area contributed by atoms with Crippen LogP contribution in [0.1, 0.15) is 51.8 Å². The topological polar surface area (TPSA) is 29.9 Å². The molecule has 1 aliphatic rings. The molecule has 0 amide bonds. The zero-order valence-electron chi connectivity index (χ0n) is 11.3. The summed E-state index contributed by atoms with van der Waals surface area (Å²) >= 11 is 0. The van der Waals surface area contributed by atoms with E-state index in [1.165, 1.54) is 18.5 Å². The van der Waals surface area contributed by atoms with Gasteiger partial charge < -0.3 is 5.32 Å². The van der Waals surface area contributed by atoms with E-state index in [9.17, 15) is 0 Å². The maximum Gasteiger partial charge on any atom is 0.0640 e. The summed E-state index contributed by atoms with van der Waals surface area (Å²) in [6.07, 6.45) is 6.94. The van der Waals surface area contributed by atoms with Crippen LogP contribution >= 0.6 is 0 Å². The van der Waals surface area contributed by atoms with Gasteiger partial charge in [-0.25, -0.2) is 0 Å². The second-order valence-electron chi connectivity index (χ2n) is 5.53. The van der Waals surface area contributed by atoms with Crippen LogP contribution in [-0.4, -0.2) is 22.4 Å². The van der Waals surface area contributed by atoms with E-state index in [0.717, 1.165) is 25.3 Å². The number of hydrogen-bond donors (Lipinski definition) is 1. The quantitative estimate of drug-likeness (QED) is 0.869. The zero-order valence-corrected chi connectivity index (χ0v) is 11.3. The van der Waals surface area contributed by atoms with E-state index in [1.54, 1.807) is 0 Å². The van der Waals surface area contributed by atoms with Gasteiger partial charge in [-0.1, -0.05) is 13.8 Å². The summed E-state index contributed by atoms with van der Waals surface area (Å²) < 4.78 is 2.10. The monoisotopic (exact) mass is 235 g/mol. The van der Waals surface area contributed by atoms with Crippen LogP contribution in [-0.2, 0) is 6.42 Å². The Morgan fingerprint density at radius 2 is 2.41 bits per heavy atom. The first-order valence-corrected chi connectivity index (χ1v) is 6.96. The summed E-state index contributed by atoms with van der Waals surface area (Å²) in [5, 5.41) is 8.28. The van der Waals surface area contributed by atoms with Crippen LogP contribution in [0.25, 0.3) is 0 Å². The van der Waals surface area contributed by atoms with Crippen molar-refractivity contribution in [1.82, 2.24) is 15.1 Å². The SMILES string of the molecule is CCC(C)n1ccc(CC2CC(C)CCN2)n1. The Labute approximate surface area is 105 Å². The molecule has 0 spiro atoms. The summed E-state index contributed by atoms with van der Waals surface area (Å²) in [7, 11) is 0. The normalized spacial score (nSPS) is 27.0. The smallest absolute Gasteiger partial charge is 0.0640 e. The van der Waals surface area contributed by atoms with Gasteiger partial charge in [-0.3, -0.25) is 4.68 Å². The van der Waals surface area contributed by atoms with E-state index in [1.807, 2.05) is 0 Å². The number of aromatic nitrogens is 2. The van der Waals surface area contributed by atoms with E-state index in [4.69, 9.17) is 0 Å². The molecule has 3 heteroatoms. The molecule has 1 saturated heterocycles. The third kappa shape index (κ3) is 3.32. The van der Waals surface area contributed by atoms with Crippen LogP contribution < -0.4 is 5.32 Å². The number of nitrogens with zero attached hydrogens (tertiary/aromatic N) is 2. The van der Waals surface area contributed by atoms with Gasteiger partial charge in [0.1, 0.15) is 0 Å². The molecule has 0 aliphatic carbocycles. The lowest BCUT2D eigenvalue weighted by atomic mass is 9.92. The van der Waals surface area contributed by atoms with E-state index in [2.05, 4.69) is 48.1 Å². The fourth-order valence-corrected chi connectivity index (χ4v) is 2.55. The summed E-state index contributed by atoms with van der Waals surface area (Å²) in [5.41, 5.74) is 1.23. The molecule has 96 valence electrons. The first kappa shape index (κ1) is 12.6. The van der Waals surface area contributed by atoms with Gasteiger partial charge in [0, 0.05) is 24.7 Å². The highest BCUT2D eigenvalue weighted by Gasteiger charge is 2.19. The molecule has 1 N–H and O–H groups in total. The van der Waals surface area contributed by atoms with Crippen molar-refractivity contribution in [3.63, 3.8) is 0 Å². The average Bonchev–Trinajstić information content (AvgIpc) is 2.76. The largest absolute Gasteiger partial charge is 0.314 e. The number of nitrogens with one attached hydrogen (secondary N) is 1. The third-order valence-corrected chi connectivity index (χ3v) is 3.92. The Morgan fingerprint density at radius 3 is 3.12 bits per heavy atom. The summed E-state index contributed by atoms with van der Waals surface area (Å²) in [4.78, 5) is 0. The Hall–Kier alpha value is -0.830. The molecule has 2 heterocycles. The molecule has 17 heavy (non-hydrogen) atoms. The van der Waals surface area contributed by atoms with Gasteiger partial charge in [-0.15, -0.1) is 0 Å². The molecule has 0 aromatic carbocycles. The molecule has 3 atom stereocenters.